The fraction of sp³-hybridized carbons (Fsp3) is 0.176. The van der Waals surface area contributed by atoms with Gasteiger partial charge in [-0.05, 0) is 42.3 Å². The lowest BCUT2D eigenvalue weighted by Gasteiger charge is -2.08. The van der Waals surface area contributed by atoms with Crippen LogP contribution in [0.15, 0.2) is 48.5 Å². The predicted octanol–water partition coefficient (Wildman–Crippen LogP) is 3.27. The molecule has 2 amide bonds. The van der Waals surface area contributed by atoms with Crippen molar-refractivity contribution in [3.63, 3.8) is 0 Å². The van der Waals surface area contributed by atoms with Crippen LogP contribution in [0.1, 0.15) is 22.8 Å². The van der Waals surface area contributed by atoms with E-state index < -0.39 is 0 Å². The Morgan fingerprint density at radius 1 is 1.09 bits per heavy atom. The smallest absolute Gasteiger partial charge is 0.251 e. The molecule has 0 fully saturated rings. The van der Waals surface area contributed by atoms with E-state index in [0.29, 0.717) is 16.3 Å². The number of amides is 2. The highest BCUT2D eigenvalue weighted by Crippen LogP contribution is 2.11. The first-order valence-corrected chi connectivity index (χ1v) is 7.39. The van der Waals surface area contributed by atoms with Crippen LogP contribution in [-0.4, -0.2) is 18.4 Å². The maximum atomic E-state index is 11.9. The number of rotatable bonds is 5. The summed E-state index contributed by atoms with van der Waals surface area (Å²) in [5, 5.41) is 5.77. The number of hydrogen-bond acceptors (Lipinski definition) is 2. The molecule has 0 saturated heterocycles. The minimum Gasteiger partial charge on any atom is -0.343 e. The maximum absolute atomic E-state index is 11.9. The second-order valence-electron chi connectivity index (χ2n) is 4.79. The number of carbonyl (C=O) groups is 2. The third-order valence-corrected chi connectivity index (χ3v) is 3.38. The monoisotopic (exact) mass is 316 g/mol. The first kappa shape index (κ1) is 16.0. The fourth-order valence-electron chi connectivity index (χ4n) is 1.92. The maximum Gasteiger partial charge on any atom is 0.251 e. The van der Waals surface area contributed by atoms with Crippen molar-refractivity contribution in [2.24, 2.45) is 0 Å². The molecule has 0 spiro atoms. The lowest BCUT2D eigenvalue weighted by Crippen LogP contribution is -2.32. The molecular weight excluding hydrogens is 300 g/mol. The highest BCUT2D eigenvalue weighted by molar-refractivity contribution is 6.31. The second kappa shape index (κ2) is 7.61. The van der Waals surface area contributed by atoms with E-state index in [9.17, 15) is 9.59 Å². The van der Waals surface area contributed by atoms with Crippen LogP contribution in [0.4, 0.5) is 5.69 Å². The Morgan fingerprint density at radius 2 is 1.82 bits per heavy atom. The Labute approximate surface area is 134 Å². The van der Waals surface area contributed by atoms with Gasteiger partial charge in [-0.25, -0.2) is 0 Å². The summed E-state index contributed by atoms with van der Waals surface area (Å²) in [4.78, 5) is 23.7. The van der Waals surface area contributed by atoms with Gasteiger partial charge in [0.05, 0.1) is 6.54 Å². The summed E-state index contributed by atoms with van der Waals surface area (Å²) in [5.74, 6) is -0.612. The Kier molecular flexibility index (Phi) is 5.55. The standard InChI is InChI=1S/C17H17ClN2O2/c1-2-12-6-8-15(9-7-12)20-16(21)11-19-17(22)13-4-3-5-14(18)10-13/h3-10H,2,11H2,1H3,(H,19,22)(H,20,21). The quantitative estimate of drug-likeness (QED) is 0.889. The van der Waals surface area contributed by atoms with Gasteiger partial charge >= 0.3 is 0 Å². The van der Waals surface area contributed by atoms with Crippen LogP contribution in [0, 0.1) is 0 Å². The molecule has 0 heterocycles. The summed E-state index contributed by atoms with van der Waals surface area (Å²) in [5.41, 5.74) is 2.33. The van der Waals surface area contributed by atoms with Gasteiger partial charge in [0, 0.05) is 16.3 Å². The molecule has 0 atom stereocenters. The summed E-state index contributed by atoms with van der Waals surface area (Å²) < 4.78 is 0. The Bertz CT molecular complexity index is 669. The highest BCUT2D eigenvalue weighted by atomic mass is 35.5. The molecule has 0 aromatic heterocycles. The molecule has 4 nitrogen and oxygen atoms in total. The van der Waals surface area contributed by atoms with E-state index in [2.05, 4.69) is 17.6 Å². The molecule has 2 rings (SSSR count). The van der Waals surface area contributed by atoms with Crippen LogP contribution < -0.4 is 10.6 Å². The molecule has 0 saturated carbocycles. The molecule has 2 aromatic carbocycles. The van der Waals surface area contributed by atoms with Gasteiger partial charge in [-0.3, -0.25) is 9.59 Å². The number of aryl methyl sites for hydroxylation is 1. The average molecular weight is 317 g/mol. The van der Waals surface area contributed by atoms with E-state index in [1.807, 2.05) is 24.3 Å². The zero-order valence-electron chi connectivity index (χ0n) is 12.2. The molecule has 5 heteroatoms. The SMILES string of the molecule is CCc1ccc(NC(=O)CNC(=O)c2cccc(Cl)c2)cc1. The number of hydrogen-bond donors (Lipinski definition) is 2. The van der Waals surface area contributed by atoms with E-state index in [-0.39, 0.29) is 18.4 Å². The number of benzene rings is 2. The van der Waals surface area contributed by atoms with Crippen LogP contribution >= 0.6 is 11.6 Å². The third-order valence-electron chi connectivity index (χ3n) is 3.14. The minimum absolute atomic E-state index is 0.0964. The number of anilines is 1. The highest BCUT2D eigenvalue weighted by Gasteiger charge is 2.08. The number of halogens is 1. The first-order chi connectivity index (χ1) is 10.6. The van der Waals surface area contributed by atoms with Gasteiger partial charge in [-0.1, -0.05) is 36.7 Å². The van der Waals surface area contributed by atoms with Crippen LogP contribution in [0.2, 0.25) is 5.02 Å². The molecule has 0 bridgehead atoms. The molecule has 0 radical (unpaired) electrons. The van der Waals surface area contributed by atoms with Crippen LogP contribution in [0.25, 0.3) is 0 Å². The molecule has 2 N–H and O–H groups in total. The molecular formula is C17H17ClN2O2. The molecule has 0 aliphatic heterocycles. The van der Waals surface area contributed by atoms with E-state index in [4.69, 9.17) is 11.6 Å². The van der Waals surface area contributed by atoms with Gasteiger partial charge in [0.15, 0.2) is 0 Å². The van der Waals surface area contributed by atoms with Crippen LogP contribution in [-0.2, 0) is 11.2 Å². The predicted molar refractivity (Wildman–Crippen MR) is 88.2 cm³/mol. The molecule has 0 unspecified atom stereocenters. The first-order valence-electron chi connectivity index (χ1n) is 7.01. The van der Waals surface area contributed by atoms with Gasteiger partial charge in [-0.15, -0.1) is 0 Å². The molecule has 114 valence electrons. The van der Waals surface area contributed by atoms with Crippen molar-refractivity contribution >= 4 is 29.1 Å². The number of carbonyl (C=O) groups excluding carboxylic acids is 2. The Morgan fingerprint density at radius 3 is 2.45 bits per heavy atom. The van der Waals surface area contributed by atoms with Crippen molar-refractivity contribution in [2.75, 3.05) is 11.9 Å². The second-order valence-corrected chi connectivity index (χ2v) is 5.23. The summed E-state index contributed by atoms with van der Waals surface area (Å²) in [6.07, 6.45) is 0.948. The fourth-order valence-corrected chi connectivity index (χ4v) is 2.11. The van der Waals surface area contributed by atoms with Crippen LogP contribution in [0.3, 0.4) is 0 Å². The molecule has 0 aliphatic rings. The van der Waals surface area contributed by atoms with Gasteiger partial charge in [0.25, 0.3) is 5.91 Å². The average Bonchev–Trinajstić information content (AvgIpc) is 2.53. The molecule has 0 aliphatic carbocycles. The van der Waals surface area contributed by atoms with Crippen molar-refractivity contribution in [1.82, 2.24) is 5.32 Å². The van der Waals surface area contributed by atoms with E-state index in [1.165, 1.54) is 5.56 Å². The zero-order valence-corrected chi connectivity index (χ0v) is 13.0. The lowest BCUT2D eigenvalue weighted by molar-refractivity contribution is -0.115. The van der Waals surface area contributed by atoms with Crippen molar-refractivity contribution in [3.8, 4) is 0 Å². The minimum atomic E-state index is -0.334. The largest absolute Gasteiger partial charge is 0.343 e. The zero-order chi connectivity index (χ0) is 15.9. The topological polar surface area (TPSA) is 58.2 Å². The van der Waals surface area contributed by atoms with Crippen molar-refractivity contribution in [1.29, 1.82) is 0 Å². The molecule has 22 heavy (non-hydrogen) atoms. The number of nitrogens with one attached hydrogen (secondary N) is 2. The van der Waals surface area contributed by atoms with Gasteiger partial charge in [0.1, 0.15) is 0 Å². The Hall–Kier alpha value is -2.33. The summed E-state index contributed by atoms with van der Waals surface area (Å²) in [6.45, 7) is 1.97. The van der Waals surface area contributed by atoms with E-state index in [1.54, 1.807) is 24.3 Å². The van der Waals surface area contributed by atoms with Crippen LogP contribution in [0.5, 0.6) is 0 Å². The third kappa shape index (κ3) is 4.60. The van der Waals surface area contributed by atoms with E-state index >= 15 is 0 Å². The van der Waals surface area contributed by atoms with Crippen molar-refractivity contribution < 1.29 is 9.59 Å². The summed E-state index contributed by atoms with van der Waals surface area (Å²) in [7, 11) is 0. The van der Waals surface area contributed by atoms with Gasteiger partial charge in [0.2, 0.25) is 5.91 Å². The van der Waals surface area contributed by atoms with Gasteiger partial charge < -0.3 is 10.6 Å². The lowest BCUT2D eigenvalue weighted by atomic mass is 10.1. The normalized spacial score (nSPS) is 10.1. The Balaban J connectivity index is 1.85. The molecule has 2 aromatic rings. The van der Waals surface area contributed by atoms with Gasteiger partial charge in [-0.2, -0.15) is 0 Å². The summed E-state index contributed by atoms with van der Waals surface area (Å²) >= 11 is 5.82. The summed E-state index contributed by atoms with van der Waals surface area (Å²) in [6, 6.07) is 14.2. The van der Waals surface area contributed by atoms with E-state index in [0.717, 1.165) is 6.42 Å². The van der Waals surface area contributed by atoms with Crippen molar-refractivity contribution in [2.45, 2.75) is 13.3 Å². The van der Waals surface area contributed by atoms with Crippen molar-refractivity contribution in [3.05, 3.63) is 64.7 Å².